The molecule has 0 radical (unpaired) electrons. The summed E-state index contributed by atoms with van der Waals surface area (Å²) in [5.74, 6) is -0.0434. The van der Waals surface area contributed by atoms with Crippen molar-refractivity contribution in [2.24, 2.45) is 0 Å². The van der Waals surface area contributed by atoms with Gasteiger partial charge in [0.25, 0.3) is 5.91 Å². The Kier molecular flexibility index (Phi) is 4.64. The van der Waals surface area contributed by atoms with Crippen LogP contribution in [0.5, 0.6) is 0 Å². The minimum atomic E-state index is -0.0434. The smallest absolute Gasteiger partial charge is 0.266 e. The van der Waals surface area contributed by atoms with E-state index in [0.717, 1.165) is 5.56 Å². The van der Waals surface area contributed by atoms with Crippen molar-refractivity contribution in [2.45, 2.75) is 26.3 Å². The summed E-state index contributed by atoms with van der Waals surface area (Å²) in [6.07, 6.45) is 5.90. The number of thiocarbonyl (C=S) groups is 1. The fourth-order valence-electron chi connectivity index (χ4n) is 3.20. The lowest BCUT2D eigenvalue weighted by molar-refractivity contribution is -0.121. The number of hydrogen-bond donors (Lipinski definition) is 0. The van der Waals surface area contributed by atoms with Crippen LogP contribution in [0.3, 0.4) is 0 Å². The first-order valence-electron chi connectivity index (χ1n) is 8.18. The third kappa shape index (κ3) is 3.18. The average Bonchev–Trinajstić information content (AvgIpc) is 2.80. The first kappa shape index (κ1) is 18.0. The van der Waals surface area contributed by atoms with Gasteiger partial charge in [0, 0.05) is 24.8 Å². The molecular formula is C20H22N2OS2. The van der Waals surface area contributed by atoms with E-state index in [-0.39, 0.29) is 11.4 Å². The summed E-state index contributed by atoms with van der Waals surface area (Å²) in [5, 5.41) is 0. The molecule has 1 saturated heterocycles. The molecule has 25 heavy (non-hydrogen) atoms. The normalized spacial score (nSPS) is 20.8. The topological polar surface area (TPSA) is 23.6 Å². The predicted molar refractivity (Wildman–Crippen MR) is 113 cm³/mol. The standard InChI is InChI=1S/C20H22N2OS2/c1-6-9-22-18(23)17(25-19(22)24)11-14-7-8-16-15(10-14)13(2)12-20(3,4)21(16)5/h6-8,10-12H,1,9H2,2-5H3/b17-11-. The van der Waals surface area contributed by atoms with Gasteiger partial charge in [-0.3, -0.25) is 9.69 Å². The molecule has 3 rings (SSSR count). The molecule has 0 aromatic heterocycles. The maximum atomic E-state index is 12.5. The third-order valence-corrected chi connectivity index (χ3v) is 6.10. The van der Waals surface area contributed by atoms with E-state index in [1.54, 1.807) is 11.0 Å². The monoisotopic (exact) mass is 370 g/mol. The van der Waals surface area contributed by atoms with Crippen LogP contribution in [0.2, 0.25) is 0 Å². The van der Waals surface area contributed by atoms with Crippen molar-refractivity contribution in [3.63, 3.8) is 0 Å². The molecule has 0 bridgehead atoms. The molecule has 0 atom stereocenters. The maximum Gasteiger partial charge on any atom is 0.266 e. The first-order chi connectivity index (χ1) is 11.7. The van der Waals surface area contributed by atoms with E-state index < -0.39 is 0 Å². The van der Waals surface area contributed by atoms with Gasteiger partial charge in [0.2, 0.25) is 0 Å². The van der Waals surface area contributed by atoms with Crippen LogP contribution in [0.1, 0.15) is 31.9 Å². The second kappa shape index (κ2) is 6.46. The number of likely N-dealkylation sites (N-methyl/N-ethyl adjacent to an activating group) is 1. The Balaban J connectivity index is 1.97. The number of rotatable bonds is 3. The quantitative estimate of drug-likeness (QED) is 0.437. The zero-order valence-corrected chi connectivity index (χ0v) is 16.6. The fourth-order valence-corrected chi connectivity index (χ4v) is 4.48. The first-order valence-corrected chi connectivity index (χ1v) is 9.41. The van der Waals surface area contributed by atoms with Crippen LogP contribution in [0.4, 0.5) is 5.69 Å². The molecule has 1 aromatic carbocycles. The lowest BCUT2D eigenvalue weighted by atomic mass is 9.88. The highest BCUT2D eigenvalue weighted by Crippen LogP contribution is 2.39. The van der Waals surface area contributed by atoms with Gasteiger partial charge < -0.3 is 4.90 Å². The summed E-state index contributed by atoms with van der Waals surface area (Å²) in [7, 11) is 2.11. The highest BCUT2D eigenvalue weighted by Gasteiger charge is 2.31. The molecular weight excluding hydrogens is 348 g/mol. The number of hydrogen-bond acceptors (Lipinski definition) is 4. The minimum Gasteiger partial charge on any atom is -0.366 e. The molecule has 3 nitrogen and oxygen atoms in total. The molecule has 1 amide bonds. The third-order valence-electron chi connectivity index (χ3n) is 4.72. The van der Waals surface area contributed by atoms with Gasteiger partial charge >= 0.3 is 0 Å². The van der Waals surface area contributed by atoms with Gasteiger partial charge in [-0.25, -0.2) is 0 Å². The van der Waals surface area contributed by atoms with E-state index >= 15 is 0 Å². The van der Waals surface area contributed by atoms with E-state index in [4.69, 9.17) is 12.2 Å². The zero-order chi connectivity index (χ0) is 18.4. The molecule has 2 heterocycles. The Hall–Kier alpha value is -1.85. The summed E-state index contributed by atoms with van der Waals surface area (Å²) in [6, 6.07) is 6.33. The average molecular weight is 371 g/mol. The lowest BCUT2D eigenvalue weighted by Gasteiger charge is -2.40. The molecule has 2 aliphatic heterocycles. The molecule has 5 heteroatoms. The Morgan fingerprint density at radius 2 is 2.08 bits per heavy atom. The van der Waals surface area contributed by atoms with Gasteiger partial charge in [-0.15, -0.1) is 6.58 Å². The summed E-state index contributed by atoms with van der Waals surface area (Å²) < 4.78 is 0.590. The van der Waals surface area contributed by atoms with E-state index in [1.165, 1.54) is 28.6 Å². The molecule has 0 unspecified atom stereocenters. The molecule has 0 saturated carbocycles. The number of fused-ring (bicyclic) bond motifs is 1. The molecule has 130 valence electrons. The fraction of sp³-hybridized carbons (Fsp3) is 0.300. The molecule has 1 aromatic rings. The van der Waals surface area contributed by atoms with Crippen LogP contribution >= 0.6 is 24.0 Å². The molecule has 1 fully saturated rings. The van der Waals surface area contributed by atoms with Crippen molar-refractivity contribution in [2.75, 3.05) is 18.5 Å². The van der Waals surface area contributed by atoms with E-state index in [2.05, 4.69) is 63.6 Å². The van der Waals surface area contributed by atoms with Crippen molar-refractivity contribution >= 4 is 51.5 Å². The summed E-state index contributed by atoms with van der Waals surface area (Å²) >= 11 is 6.65. The van der Waals surface area contributed by atoms with Gasteiger partial charge in [-0.2, -0.15) is 0 Å². The van der Waals surface area contributed by atoms with Gasteiger partial charge in [0.1, 0.15) is 4.32 Å². The Labute approximate surface area is 159 Å². The second-order valence-electron chi connectivity index (χ2n) is 6.90. The van der Waals surface area contributed by atoms with Gasteiger partial charge in [0.05, 0.1) is 10.4 Å². The second-order valence-corrected chi connectivity index (χ2v) is 8.57. The molecule has 0 aliphatic carbocycles. The van der Waals surface area contributed by atoms with Gasteiger partial charge in [0.15, 0.2) is 0 Å². The summed E-state index contributed by atoms with van der Waals surface area (Å²) in [5.41, 5.74) is 4.68. The van der Waals surface area contributed by atoms with E-state index in [9.17, 15) is 4.79 Å². The summed E-state index contributed by atoms with van der Waals surface area (Å²) in [6.45, 7) is 10.7. The van der Waals surface area contributed by atoms with Crippen molar-refractivity contribution < 1.29 is 4.79 Å². The summed E-state index contributed by atoms with van der Waals surface area (Å²) in [4.78, 5) is 17.0. The SMILES string of the molecule is C=CCN1C(=O)/C(=C/c2ccc3c(c2)C(C)=CC(C)(C)N3C)SC1=S. The largest absolute Gasteiger partial charge is 0.366 e. The van der Waals surface area contributed by atoms with Crippen LogP contribution in [-0.2, 0) is 4.79 Å². The Morgan fingerprint density at radius 3 is 2.76 bits per heavy atom. The molecule has 0 spiro atoms. The predicted octanol–water partition coefficient (Wildman–Crippen LogP) is 4.71. The number of benzene rings is 1. The van der Waals surface area contributed by atoms with Crippen molar-refractivity contribution in [3.05, 3.63) is 53.0 Å². The maximum absolute atomic E-state index is 12.5. The van der Waals surface area contributed by atoms with E-state index in [0.29, 0.717) is 15.8 Å². The van der Waals surface area contributed by atoms with Crippen molar-refractivity contribution in [1.82, 2.24) is 4.90 Å². The minimum absolute atomic E-state index is 0.00822. The number of amides is 1. The Morgan fingerprint density at radius 1 is 1.36 bits per heavy atom. The number of thioether (sulfide) groups is 1. The number of nitrogens with zero attached hydrogens (tertiary/aromatic N) is 2. The van der Waals surface area contributed by atoms with E-state index in [1.807, 2.05) is 6.08 Å². The van der Waals surface area contributed by atoms with Crippen LogP contribution in [0.25, 0.3) is 11.6 Å². The Bertz CT molecular complexity index is 836. The highest BCUT2D eigenvalue weighted by atomic mass is 32.2. The van der Waals surface area contributed by atoms with Crippen LogP contribution in [-0.4, -0.2) is 34.3 Å². The van der Waals surface area contributed by atoms with Gasteiger partial charge in [-0.05, 0) is 50.1 Å². The van der Waals surface area contributed by atoms with Crippen LogP contribution in [0, 0.1) is 0 Å². The van der Waals surface area contributed by atoms with Crippen molar-refractivity contribution in [1.29, 1.82) is 0 Å². The lowest BCUT2D eigenvalue weighted by Crippen LogP contribution is -2.42. The highest BCUT2D eigenvalue weighted by molar-refractivity contribution is 8.26. The van der Waals surface area contributed by atoms with Crippen LogP contribution < -0.4 is 4.90 Å². The number of carbonyl (C=O) groups is 1. The van der Waals surface area contributed by atoms with Gasteiger partial charge in [-0.1, -0.05) is 42.2 Å². The number of allylic oxidation sites excluding steroid dienone is 1. The number of carbonyl (C=O) groups excluding carboxylic acids is 1. The molecule has 2 aliphatic rings. The zero-order valence-electron chi connectivity index (χ0n) is 15.0. The molecule has 0 N–H and O–H groups in total. The number of anilines is 1. The van der Waals surface area contributed by atoms with Crippen molar-refractivity contribution in [3.8, 4) is 0 Å². The van der Waals surface area contributed by atoms with Crippen LogP contribution in [0.15, 0.2) is 41.8 Å².